The summed E-state index contributed by atoms with van der Waals surface area (Å²) in [6.07, 6.45) is 19.8. The number of halogens is 3. The molecule has 0 aromatic carbocycles. The zero-order valence-electron chi connectivity index (χ0n) is 13.7. The molecule has 0 aromatic rings. The summed E-state index contributed by atoms with van der Waals surface area (Å²) in [5.74, 6) is 1.58. The van der Waals surface area contributed by atoms with Crippen LogP contribution >= 0.6 is 47.8 Å². The zero-order chi connectivity index (χ0) is 15.6. The van der Waals surface area contributed by atoms with Gasteiger partial charge in [0, 0.05) is 0 Å². The van der Waals surface area contributed by atoms with E-state index in [1.165, 1.54) is 89.9 Å². The second-order valence-corrected chi connectivity index (χ2v) is 13.8. The quantitative estimate of drug-likeness (QED) is 0.237. The van der Waals surface area contributed by atoms with E-state index in [2.05, 4.69) is 54.7 Å². The van der Waals surface area contributed by atoms with E-state index in [9.17, 15) is 0 Å². The molecule has 1 fully saturated rings. The average Bonchev–Trinajstić information content (AvgIpc) is 2.37. The normalized spacial score (nSPS) is 20.0. The molecule has 0 bridgehead atoms. The number of alkyl halides is 3. The molecule has 0 saturated heterocycles. The third-order valence-corrected chi connectivity index (χ3v) is 6.77. The van der Waals surface area contributed by atoms with E-state index in [1.54, 1.807) is 0 Å². The van der Waals surface area contributed by atoms with E-state index in [0.717, 1.165) is 5.92 Å². The van der Waals surface area contributed by atoms with E-state index < -0.39 is 0 Å². The molecule has 0 aromatic heterocycles. The van der Waals surface area contributed by atoms with Crippen molar-refractivity contribution in [1.29, 1.82) is 0 Å². The van der Waals surface area contributed by atoms with Gasteiger partial charge in [-0.1, -0.05) is 138 Å². The van der Waals surface area contributed by atoms with Crippen LogP contribution in [-0.2, 0) is 0 Å². The summed E-state index contributed by atoms with van der Waals surface area (Å²) in [7, 11) is 0. The van der Waals surface area contributed by atoms with Crippen molar-refractivity contribution in [1.82, 2.24) is 0 Å². The number of rotatable bonds is 8. The highest BCUT2D eigenvalue weighted by molar-refractivity contribution is 9.39. The summed E-state index contributed by atoms with van der Waals surface area (Å²) >= 11 is 11.6. The summed E-state index contributed by atoms with van der Waals surface area (Å²) in [6, 6.07) is 0. The third kappa shape index (κ3) is 9.35. The Labute approximate surface area is 158 Å². The Balaban J connectivity index is 2.39. The second kappa shape index (κ2) is 11.9. The lowest BCUT2D eigenvalue weighted by molar-refractivity contribution is 0.258. The first kappa shape index (κ1) is 20.5. The van der Waals surface area contributed by atoms with Crippen molar-refractivity contribution in [2.24, 2.45) is 11.8 Å². The molecule has 1 rings (SSSR count). The maximum absolute atomic E-state index is 3.85. The van der Waals surface area contributed by atoms with E-state index in [-0.39, 0.29) is 2.14 Å². The van der Waals surface area contributed by atoms with Gasteiger partial charge in [-0.3, -0.25) is 0 Å². The Hall–Kier alpha value is 1.44. The fraction of sp³-hybridized carbons (Fsp3) is 1.00. The predicted molar refractivity (Wildman–Crippen MR) is 107 cm³/mol. The monoisotopic (exact) mass is 486 g/mol. The van der Waals surface area contributed by atoms with Gasteiger partial charge in [0.25, 0.3) is 0 Å². The van der Waals surface area contributed by atoms with Crippen LogP contribution in [-0.4, -0.2) is 2.14 Å². The maximum atomic E-state index is 3.85. The lowest BCUT2D eigenvalue weighted by atomic mass is 9.80. The Bertz CT molecular complexity index is 239. The summed E-state index contributed by atoms with van der Waals surface area (Å²) in [4.78, 5) is 0. The Kier molecular flexibility index (Phi) is 11.6. The first-order chi connectivity index (χ1) is 10.1. The molecule has 3 heteroatoms. The van der Waals surface area contributed by atoms with Gasteiger partial charge in [0.15, 0.2) is 0 Å². The number of hydrogen-bond acceptors (Lipinski definition) is 0. The molecule has 1 atom stereocenters. The average molecular weight is 489 g/mol. The van der Waals surface area contributed by atoms with Gasteiger partial charge >= 0.3 is 0 Å². The minimum absolute atomic E-state index is 0.0553. The van der Waals surface area contributed by atoms with Crippen molar-refractivity contribution in [3.05, 3.63) is 0 Å². The Morgan fingerprint density at radius 3 is 1.90 bits per heavy atom. The number of unbranched alkanes of at least 4 members (excludes halogenated alkanes) is 5. The SMILES string of the molecule is CCCCCCCCC(C1CCCCCCC1)C(Br)(Br)Br. The van der Waals surface area contributed by atoms with Crippen LogP contribution < -0.4 is 0 Å². The van der Waals surface area contributed by atoms with E-state index in [4.69, 9.17) is 0 Å². The van der Waals surface area contributed by atoms with Crippen LogP contribution in [0.25, 0.3) is 0 Å². The van der Waals surface area contributed by atoms with Crippen molar-refractivity contribution < 1.29 is 0 Å². The van der Waals surface area contributed by atoms with Crippen LogP contribution in [0.15, 0.2) is 0 Å². The van der Waals surface area contributed by atoms with E-state index in [1.807, 2.05) is 0 Å². The minimum atomic E-state index is -0.0553. The predicted octanol–water partition coefficient (Wildman–Crippen LogP) is 8.55. The van der Waals surface area contributed by atoms with Gasteiger partial charge in [-0.25, -0.2) is 0 Å². The molecule has 126 valence electrons. The van der Waals surface area contributed by atoms with E-state index in [0.29, 0.717) is 5.92 Å². The third-order valence-electron chi connectivity index (χ3n) is 5.01. The standard InChI is InChI=1S/C18H33Br3/c1-2-3-4-5-9-12-15-17(18(19,20)21)16-13-10-7-6-8-11-14-16/h16-17H,2-15H2,1H3. The molecule has 0 radical (unpaired) electrons. The smallest absolute Gasteiger partial charge is 0.0654 e. The molecule has 1 aliphatic rings. The van der Waals surface area contributed by atoms with Gasteiger partial charge in [-0.15, -0.1) is 0 Å². The Morgan fingerprint density at radius 2 is 1.33 bits per heavy atom. The molecule has 1 aliphatic carbocycles. The van der Waals surface area contributed by atoms with Crippen molar-refractivity contribution in [3.8, 4) is 0 Å². The van der Waals surface area contributed by atoms with Gasteiger partial charge in [-0.2, -0.15) is 0 Å². The molecule has 0 heterocycles. The summed E-state index contributed by atoms with van der Waals surface area (Å²) in [5, 5.41) is 0. The summed E-state index contributed by atoms with van der Waals surface area (Å²) in [6.45, 7) is 2.29. The highest BCUT2D eigenvalue weighted by Gasteiger charge is 2.36. The van der Waals surface area contributed by atoms with Crippen LogP contribution in [0.5, 0.6) is 0 Å². The maximum Gasteiger partial charge on any atom is 0.138 e. The van der Waals surface area contributed by atoms with Gasteiger partial charge in [0.05, 0.1) is 0 Å². The van der Waals surface area contributed by atoms with Crippen molar-refractivity contribution >= 4 is 47.8 Å². The van der Waals surface area contributed by atoms with Gasteiger partial charge in [0.1, 0.15) is 2.14 Å². The second-order valence-electron chi connectivity index (χ2n) is 6.81. The van der Waals surface area contributed by atoms with Crippen molar-refractivity contribution in [3.63, 3.8) is 0 Å². The molecule has 0 amide bonds. The summed E-state index contributed by atoms with van der Waals surface area (Å²) in [5.41, 5.74) is 0. The van der Waals surface area contributed by atoms with Crippen LogP contribution in [0.2, 0.25) is 0 Å². The summed E-state index contributed by atoms with van der Waals surface area (Å²) < 4.78 is -0.0553. The van der Waals surface area contributed by atoms with Crippen molar-refractivity contribution in [2.45, 2.75) is 99.0 Å². The van der Waals surface area contributed by atoms with Crippen LogP contribution in [0.4, 0.5) is 0 Å². The molecular weight excluding hydrogens is 456 g/mol. The molecule has 0 N–H and O–H groups in total. The van der Waals surface area contributed by atoms with E-state index >= 15 is 0 Å². The lowest BCUT2D eigenvalue weighted by Crippen LogP contribution is -2.27. The first-order valence-corrected chi connectivity index (χ1v) is 11.5. The van der Waals surface area contributed by atoms with Crippen LogP contribution in [0.1, 0.15) is 96.8 Å². The molecule has 21 heavy (non-hydrogen) atoms. The fourth-order valence-corrected chi connectivity index (χ4v) is 5.51. The zero-order valence-corrected chi connectivity index (χ0v) is 18.4. The van der Waals surface area contributed by atoms with Crippen LogP contribution in [0.3, 0.4) is 0 Å². The van der Waals surface area contributed by atoms with Crippen LogP contribution in [0, 0.1) is 11.8 Å². The lowest BCUT2D eigenvalue weighted by Gasteiger charge is -2.34. The van der Waals surface area contributed by atoms with Gasteiger partial charge in [0.2, 0.25) is 0 Å². The molecule has 0 aliphatic heterocycles. The molecule has 0 spiro atoms. The molecule has 1 saturated carbocycles. The molecule has 0 nitrogen and oxygen atoms in total. The number of hydrogen-bond donors (Lipinski definition) is 0. The van der Waals surface area contributed by atoms with Gasteiger partial charge in [-0.05, 0) is 18.3 Å². The fourth-order valence-electron chi connectivity index (χ4n) is 3.70. The minimum Gasteiger partial charge on any atom is -0.0654 e. The molecular formula is C18H33Br3. The van der Waals surface area contributed by atoms with Gasteiger partial charge < -0.3 is 0 Å². The highest BCUT2D eigenvalue weighted by atomic mass is 80.0. The topological polar surface area (TPSA) is 0 Å². The first-order valence-electron chi connectivity index (χ1n) is 9.12. The largest absolute Gasteiger partial charge is 0.138 e. The highest BCUT2D eigenvalue weighted by Crippen LogP contribution is 2.49. The van der Waals surface area contributed by atoms with Crippen molar-refractivity contribution in [2.75, 3.05) is 0 Å². The molecule has 1 unspecified atom stereocenters. The Morgan fingerprint density at radius 1 is 0.810 bits per heavy atom.